The van der Waals surface area contributed by atoms with Crippen molar-refractivity contribution in [1.29, 1.82) is 0 Å². The average molecular weight is 463 g/mol. The molecule has 4 rings (SSSR count). The molecule has 9 heteroatoms. The standard InChI is InChI=1S/C25H21NO8/c1-30-22-11-16(12-23(31-2)25(22)32-3)10-21-24(27)19-9-8-18(13-20(19)34-21)33-14-15-4-6-17(7-5-15)26(28)29/h4-13H,14H2,1-3H3. The third kappa shape index (κ3) is 4.49. The summed E-state index contributed by atoms with van der Waals surface area (Å²) in [4.78, 5) is 23.2. The van der Waals surface area contributed by atoms with Gasteiger partial charge in [-0.1, -0.05) is 0 Å². The molecule has 34 heavy (non-hydrogen) atoms. The van der Waals surface area contributed by atoms with Crippen LogP contribution in [0.25, 0.3) is 6.08 Å². The van der Waals surface area contributed by atoms with Gasteiger partial charge >= 0.3 is 0 Å². The molecule has 0 aliphatic carbocycles. The number of allylic oxidation sites excluding steroid dienone is 1. The second-order valence-corrected chi connectivity index (χ2v) is 7.27. The van der Waals surface area contributed by atoms with Gasteiger partial charge in [0.1, 0.15) is 18.1 Å². The zero-order valence-corrected chi connectivity index (χ0v) is 18.7. The molecule has 0 radical (unpaired) electrons. The van der Waals surface area contributed by atoms with E-state index in [9.17, 15) is 14.9 Å². The molecule has 0 aromatic heterocycles. The predicted octanol–water partition coefficient (Wildman–Crippen LogP) is 4.82. The molecule has 174 valence electrons. The monoisotopic (exact) mass is 463 g/mol. The van der Waals surface area contributed by atoms with Crippen molar-refractivity contribution in [3.8, 4) is 28.7 Å². The minimum atomic E-state index is -0.456. The number of carbonyl (C=O) groups excluding carboxylic acids is 1. The van der Waals surface area contributed by atoms with Crippen molar-refractivity contribution < 1.29 is 33.4 Å². The lowest BCUT2D eigenvalue weighted by atomic mass is 10.1. The summed E-state index contributed by atoms with van der Waals surface area (Å²) in [6.07, 6.45) is 1.60. The topological polar surface area (TPSA) is 106 Å². The van der Waals surface area contributed by atoms with E-state index in [1.807, 2.05) is 0 Å². The maximum Gasteiger partial charge on any atom is 0.269 e. The minimum absolute atomic E-state index is 0.0135. The summed E-state index contributed by atoms with van der Waals surface area (Å²) < 4.78 is 27.6. The second-order valence-electron chi connectivity index (χ2n) is 7.27. The maximum absolute atomic E-state index is 12.8. The SMILES string of the molecule is COc1cc(C=C2Oc3cc(OCc4ccc([N+](=O)[O-])cc4)ccc3C2=O)cc(OC)c1OC. The van der Waals surface area contributed by atoms with Gasteiger partial charge in [-0.3, -0.25) is 14.9 Å². The number of methoxy groups -OCH3 is 3. The highest BCUT2D eigenvalue weighted by atomic mass is 16.6. The van der Waals surface area contributed by atoms with Crippen LogP contribution in [-0.2, 0) is 6.61 Å². The van der Waals surface area contributed by atoms with E-state index in [-0.39, 0.29) is 23.8 Å². The Morgan fingerprint density at radius 3 is 2.21 bits per heavy atom. The molecule has 0 atom stereocenters. The molecule has 1 heterocycles. The number of fused-ring (bicyclic) bond motifs is 1. The summed E-state index contributed by atoms with van der Waals surface area (Å²) in [6, 6.07) is 14.5. The third-order valence-electron chi connectivity index (χ3n) is 5.18. The minimum Gasteiger partial charge on any atom is -0.493 e. The van der Waals surface area contributed by atoms with Gasteiger partial charge in [-0.25, -0.2) is 0 Å². The zero-order valence-electron chi connectivity index (χ0n) is 18.7. The van der Waals surface area contributed by atoms with E-state index in [1.165, 1.54) is 33.5 Å². The number of benzene rings is 3. The van der Waals surface area contributed by atoms with Crippen molar-refractivity contribution in [2.24, 2.45) is 0 Å². The number of nitro benzene ring substituents is 1. The van der Waals surface area contributed by atoms with Crippen LogP contribution in [0.1, 0.15) is 21.5 Å². The summed E-state index contributed by atoms with van der Waals surface area (Å²) in [6.45, 7) is 0.207. The Morgan fingerprint density at radius 2 is 1.62 bits per heavy atom. The third-order valence-corrected chi connectivity index (χ3v) is 5.18. The first-order valence-electron chi connectivity index (χ1n) is 10.2. The zero-order chi connectivity index (χ0) is 24.2. The molecule has 0 saturated heterocycles. The molecule has 3 aromatic carbocycles. The fraction of sp³-hybridized carbons (Fsp3) is 0.160. The number of Topliss-reactive ketones (excluding diaryl/α,β-unsaturated/α-hetero) is 1. The number of hydrogen-bond donors (Lipinski definition) is 0. The number of hydrogen-bond acceptors (Lipinski definition) is 8. The van der Waals surface area contributed by atoms with Gasteiger partial charge in [0.05, 0.1) is 31.8 Å². The molecule has 0 spiro atoms. The highest BCUT2D eigenvalue weighted by Gasteiger charge is 2.28. The number of nitro groups is 1. The first-order chi connectivity index (χ1) is 16.4. The molecule has 0 N–H and O–H groups in total. The quantitative estimate of drug-likeness (QED) is 0.266. The molecule has 0 amide bonds. The smallest absolute Gasteiger partial charge is 0.269 e. The first-order valence-corrected chi connectivity index (χ1v) is 10.2. The lowest BCUT2D eigenvalue weighted by Gasteiger charge is -2.13. The first kappa shape index (κ1) is 22.7. The summed E-state index contributed by atoms with van der Waals surface area (Å²) >= 11 is 0. The molecular weight excluding hydrogens is 442 g/mol. The summed E-state index contributed by atoms with van der Waals surface area (Å²) in [5.41, 5.74) is 1.84. The van der Waals surface area contributed by atoms with E-state index in [0.29, 0.717) is 39.9 Å². The van der Waals surface area contributed by atoms with Crippen LogP contribution in [0.15, 0.2) is 60.4 Å². The van der Waals surface area contributed by atoms with E-state index in [1.54, 1.807) is 48.5 Å². The van der Waals surface area contributed by atoms with Gasteiger partial charge in [0, 0.05) is 18.2 Å². The largest absolute Gasteiger partial charge is 0.493 e. The number of non-ortho nitro benzene ring substituents is 1. The molecule has 0 unspecified atom stereocenters. The van der Waals surface area contributed by atoms with E-state index >= 15 is 0 Å². The van der Waals surface area contributed by atoms with Gasteiger partial charge in [0.15, 0.2) is 17.3 Å². The van der Waals surface area contributed by atoms with Crippen molar-refractivity contribution in [1.82, 2.24) is 0 Å². The number of nitrogens with zero attached hydrogens (tertiary/aromatic N) is 1. The molecule has 3 aromatic rings. The van der Waals surface area contributed by atoms with Crippen molar-refractivity contribution in [2.75, 3.05) is 21.3 Å². The lowest BCUT2D eigenvalue weighted by molar-refractivity contribution is -0.384. The molecular formula is C25H21NO8. The molecule has 1 aliphatic heterocycles. The van der Waals surface area contributed by atoms with Crippen LogP contribution >= 0.6 is 0 Å². The Labute approximate surface area is 195 Å². The van der Waals surface area contributed by atoms with Crippen LogP contribution in [0, 0.1) is 10.1 Å². The van der Waals surface area contributed by atoms with Crippen molar-refractivity contribution in [3.63, 3.8) is 0 Å². The summed E-state index contributed by atoms with van der Waals surface area (Å²) in [7, 11) is 4.54. The average Bonchev–Trinajstić information content (AvgIpc) is 3.16. The molecule has 9 nitrogen and oxygen atoms in total. The van der Waals surface area contributed by atoms with Crippen LogP contribution in [-0.4, -0.2) is 32.0 Å². The molecule has 0 fully saturated rings. The van der Waals surface area contributed by atoms with Crippen LogP contribution in [0.4, 0.5) is 5.69 Å². The van der Waals surface area contributed by atoms with E-state index in [0.717, 1.165) is 5.56 Å². The van der Waals surface area contributed by atoms with Gasteiger partial charge < -0.3 is 23.7 Å². The van der Waals surface area contributed by atoms with Crippen molar-refractivity contribution in [2.45, 2.75) is 6.61 Å². The van der Waals surface area contributed by atoms with Gasteiger partial charge in [-0.05, 0) is 53.6 Å². The fourth-order valence-corrected chi connectivity index (χ4v) is 3.47. The Morgan fingerprint density at radius 1 is 0.941 bits per heavy atom. The Balaban J connectivity index is 1.52. The van der Waals surface area contributed by atoms with Crippen molar-refractivity contribution in [3.05, 3.63) is 87.2 Å². The van der Waals surface area contributed by atoms with Crippen LogP contribution in [0.5, 0.6) is 28.7 Å². The number of rotatable bonds is 8. The van der Waals surface area contributed by atoms with E-state index in [4.69, 9.17) is 23.7 Å². The van der Waals surface area contributed by atoms with Gasteiger partial charge in [-0.2, -0.15) is 0 Å². The number of carbonyl (C=O) groups is 1. The van der Waals surface area contributed by atoms with Crippen LogP contribution < -0.4 is 23.7 Å². The number of ether oxygens (including phenoxy) is 5. The highest BCUT2D eigenvalue weighted by Crippen LogP contribution is 2.40. The predicted molar refractivity (Wildman–Crippen MR) is 123 cm³/mol. The Hall–Kier alpha value is -4.53. The van der Waals surface area contributed by atoms with Crippen LogP contribution in [0.2, 0.25) is 0 Å². The Bertz CT molecular complexity index is 1260. The fourth-order valence-electron chi connectivity index (χ4n) is 3.47. The lowest BCUT2D eigenvalue weighted by Crippen LogP contribution is -1.99. The van der Waals surface area contributed by atoms with E-state index in [2.05, 4.69) is 0 Å². The highest BCUT2D eigenvalue weighted by molar-refractivity contribution is 6.14. The Kier molecular flexibility index (Phi) is 6.35. The molecule has 0 saturated carbocycles. The maximum atomic E-state index is 12.8. The summed E-state index contributed by atoms with van der Waals surface area (Å²) in [5, 5.41) is 10.8. The van der Waals surface area contributed by atoms with Gasteiger partial charge in [0.2, 0.25) is 11.5 Å². The normalized spacial score (nSPS) is 13.3. The van der Waals surface area contributed by atoms with E-state index < -0.39 is 4.92 Å². The van der Waals surface area contributed by atoms with Crippen molar-refractivity contribution >= 4 is 17.5 Å². The summed E-state index contributed by atoms with van der Waals surface area (Å²) in [5.74, 6) is 2.13. The number of ketones is 1. The van der Waals surface area contributed by atoms with Crippen LogP contribution in [0.3, 0.4) is 0 Å². The molecule has 1 aliphatic rings. The van der Waals surface area contributed by atoms with Gasteiger partial charge in [0.25, 0.3) is 5.69 Å². The molecule has 0 bridgehead atoms. The van der Waals surface area contributed by atoms with Gasteiger partial charge in [-0.15, -0.1) is 0 Å². The second kappa shape index (κ2) is 9.53.